The van der Waals surface area contributed by atoms with Gasteiger partial charge in [0.05, 0.1) is 33.0 Å². The minimum Gasteiger partial charge on any atom is -0.394 e. The standard InChI is InChI=1S/C36H60O30/c1-54-36-29-17(47)23(53)35(66-36)64-28-11(6-41)58-33(21(51)15(28)45)62-26-9(4-39)56-31(19(49)13(26)43)60-24-7(2-37)55-30(18(48)12(24)42)61-25-8(3-38)57-32(20(50)14(25)44)63-27-10(5-40)59-34(65-29)22(52)16(27)46/h7-53H,2-6H2,1H3/t7-,8-,9-,10-,11-,12-,13-,14-,15-,16-,17-,18?,19?,20?,21?,22?,23?,24-,25-,26-,27?,28-,29+,30?,31?,32-,33?,34?,35?,36+/m1/s1. The molecule has 12 unspecified atom stereocenters. The van der Waals surface area contributed by atoms with Crippen LogP contribution < -0.4 is 0 Å². The zero-order valence-electron chi connectivity index (χ0n) is 34.8. The lowest BCUT2D eigenvalue weighted by Crippen LogP contribution is -2.69. The molecule has 22 heterocycles. The molecule has 30 atom stereocenters. The third kappa shape index (κ3) is 10.0. The third-order valence-corrected chi connectivity index (χ3v) is 12.6. The molecule has 66 heavy (non-hydrogen) atoms. The zero-order valence-corrected chi connectivity index (χ0v) is 34.8. The van der Waals surface area contributed by atoms with E-state index in [2.05, 4.69) is 0 Å². The van der Waals surface area contributed by atoms with Gasteiger partial charge in [-0.1, -0.05) is 0 Å². The summed E-state index contributed by atoms with van der Waals surface area (Å²) in [6.45, 7) is -4.94. The van der Waals surface area contributed by atoms with Gasteiger partial charge in [0.1, 0.15) is 140 Å². The van der Waals surface area contributed by atoms with Crippen molar-refractivity contribution in [2.24, 2.45) is 0 Å². The second kappa shape index (κ2) is 22.1. The molecular formula is C36H60O30. The number of hydrogen-bond donors (Lipinski definition) is 17. The molecule has 22 rings (SSSR count). The Morgan fingerprint density at radius 3 is 0.636 bits per heavy atom. The van der Waals surface area contributed by atoms with E-state index in [1.165, 1.54) is 0 Å². The van der Waals surface area contributed by atoms with E-state index in [-0.39, 0.29) is 0 Å². The number of aliphatic hydroxyl groups is 17. The zero-order chi connectivity index (χ0) is 48.0. The predicted octanol–water partition coefficient (Wildman–Crippen LogP) is -12.4. The smallest absolute Gasteiger partial charge is 0.189 e. The first-order valence-electron chi connectivity index (χ1n) is 21.0. The van der Waals surface area contributed by atoms with E-state index in [0.29, 0.717) is 0 Å². The van der Waals surface area contributed by atoms with Crippen LogP contribution in [0.1, 0.15) is 0 Å². The maximum Gasteiger partial charge on any atom is 0.189 e. The molecule has 0 aromatic rings. The minimum absolute atomic E-state index is 0.981. The third-order valence-electron chi connectivity index (χ3n) is 12.6. The Bertz CT molecular complexity index is 1230. The summed E-state index contributed by atoms with van der Waals surface area (Å²) in [6, 6.07) is 0. The van der Waals surface area contributed by atoms with E-state index >= 15 is 0 Å². The number of hydrogen-bond acceptors (Lipinski definition) is 30. The molecule has 30 nitrogen and oxygen atoms in total. The summed E-state index contributed by atoms with van der Waals surface area (Å²) in [7, 11) is 1.06. The van der Waals surface area contributed by atoms with Gasteiger partial charge < -0.3 is 148 Å². The second-order valence-electron chi connectivity index (χ2n) is 16.7. The second-order valence-corrected chi connectivity index (χ2v) is 16.7. The van der Waals surface area contributed by atoms with Gasteiger partial charge in [-0.3, -0.25) is 0 Å². The van der Waals surface area contributed by atoms with E-state index in [0.717, 1.165) is 7.11 Å². The van der Waals surface area contributed by atoms with E-state index in [1.807, 2.05) is 0 Å². The van der Waals surface area contributed by atoms with Gasteiger partial charge in [0.15, 0.2) is 44.0 Å². The first-order chi connectivity index (χ1) is 31.4. The average molecular weight is 973 g/mol. The molecule has 0 aliphatic carbocycles. The van der Waals surface area contributed by atoms with Crippen LogP contribution in [-0.2, 0) is 61.6 Å². The Morgan fingerprint density at radius 2 is 0.439 bits per heavy atom. The van der Waals surface area contributed by atoms with E-state index in [1.54, 1.807) is 0 Å². The van der Waals surface area contributed by atoms with Crippen molar-refractivity contribution in [3.05, 3.63) is 0 Å². The van der Waals surface area contributed by atoms with E-state index in [4.69, 9.17) is 61.6 Å². The van der Waals surface area contributed by atoms with Gasteiger partial charge in [-0.2, -0.15) is 0 Å². The molecule has 0 spiro atoms. The van der Waals surface area contributed by atoms with Crippen LogP contribution in [-0.4, -0.2) is 311 Å². The van der Waals surface area contributed by atoms with Gasteiger partial charge in [-0.25, -0.2) is 0 Å². The van der Waals surface area contributed by atoms with E-state index < -0.39 is 217 Å². The van der Waals surface area contributed by atoms with Crippen molar-refractivity contribution in [1.82, 2.24) is 0 Å². The number of aliphatic hydroxyl groups excluding tert-OH is 17. The Kier molecular flexibility index (Phi) is 17.6. The summed E-state index contributed by atoms with van der Waals surface area (Å²) in [5.74, 6) is 0. The fourth-order valence-corrected chi connectivity index (χ4v) is 8.85. The van der Waals surface area contributed by atoms with Crippen LogP contribution in [0.25, 0.3) is 0 Å². The summed E-state index contributed by atoms with van der Waals surface area (Å²) in [4.78, 5) is 0. The van der Waals surface area contributed by atoms with Gasteiger partial charge >= 0.3 is 0 Å². The van der Waals surface area contributed by atoms with Crippen molar-refractivity contribution in [3.8, 4) is 0 Å². The van der Waals surface area contributed by atoms with Crippen molar-refractivity contribution in [3.63, 3.8) is 0 Å². The Balaban J connectivity index is 1.19. The minimum atomic E-state index is -2.14. The SMILES string of the molecule is CO[C@H]1OC2O[C@H]3[C@H](O)C(O)C(O[C@H]4[C@H](O)C(O)C(O[C@H]5[C@H](O)C(O)C(O[C@H]6[C@H](O)C(O)[C@@H](OC7[C@H](O)C(O)C(O[C@H]1[C@H](O)C2O)O[C@@H]7CO)O[C@@H]6CO)O[C@@H]5CO)O[C@@H]4CO)O[C@@H]3CO. The van der Waals surface area contributed by atoms with Gasteiger partial charge in [-0.15, -0.1) is 0 Å². The number of rotatable bonds is 6. The normalized spacial score (nSPS) is 55.4. The van der Waals surface area contributed by atoms with Crippen molar-refractivity contribution >= 4 is 0 Å². The van der Waals surface area contributed by atoms with Gasteiger partial charge in [-0.05, 0) is 0 Å². The Morgan fingerprint density at radius 1 is 0.258 bits per heavy atom. The van der Waals surface area contributed by atoms with Crippen molar-refractivity contribution in [2.45, 2.75) is 184 Å². The molecule has 0 aromatic carbocycles. The van der Waals surface area contributed by atoms with Crippen molar-refractivity contribution in [2.75, 3.05) is 40.1 Å². The first-order valence-corrected chi connectivity index (χ1v) is 21.0. The first kappa shape index (κ1) is 52.6. The molecule has 22 saturated heterocycles. The van der Waals surface area contributed by atoms with E-state index in [9.17, 15) is 86.8 Å². The lowest BCUT2D eigenvalue weighted by Gasteiger charge is -2.50. The topological polar surface area (TPSA) is 464 Å². The molecule has 22 aliphatic heterocycles. The van der Waals surface area contributed by atoms with Crippen LogP contribution in [0, 0.1) is 0 Å². The Hall–Kier alpha value is -1.20. The summed E-state index contributed by atoms with van der Waals surface area (Å²) in [6.07, 6.45) is -58.1. The maximum atomic E-state index is 11.2. The van der Waals surface area contributed by atoms with Crippen LogP contribution in [0.4, 0.5) is 0 Å². The molecular weight excluding hydrogens is 912 g/mol. The Labute approximate surface area is 372 Å². The molecule has 0 aromatic heterocycles. The van der Waals surface area contributed by atoms with Gasteiger partial charge in [0.2, 0.25) is 0 Å². The fourth-order valence-electron chi connectivity index (χ4n) is 8.85. The summed E-state index contributed by atoms with van der Waals surface area (Å²) < 4.78 is 73.3. The molecule has 22 aliphatic rings. The molecule has 30 heteroatoms. The molecule has 17 N–H and O–H groups in total. The van der Waals surface area contributed by atoms with Crippen LogP contribution in [0.2, 0.25) is 0 Å². The van der Waals surface area contributed by atoms with Crippen LogP contribution in [0.5, 0.6) is 0 Å². The van der Waals surface area contributed by atoms with Gasteiger partial charge in [0.25, 0.3) is 0 Å². The maximum absolute atomic E-state index is 11.2. The van der Waals surface area contributed by atoms with Gasteiger partial charge in [0, 0.05) is 7.11 Å². The highest BCUT2D eigenvalue weighted by Crippen LogP contribution is 2.38. The predicted molar refractivity (Wildman–Crippen MR) is 196 cm³/mol. The van der Waals surface area contributed by atoms with Crippen molar-refractivity contribution < 1.29 is 148 Å². The number of ether oxygens (including phenoxy) is 13. The monoisotopic (exact) mass is 972 g/mol. The fraction of sp³-hybridized carbons (Fsp3) is 1.00. The highest BCUT2D eigenvalue weighted by Gasteiger charge is 2.58. The summed E-state index contributed by atoms with van der Waals surface area (Å²) >= 11 is 0. The molecule has 0 radical (unpaired) electrons. The molecule has 12 bridgehead atoms. The molecule has 0 amide bonds. The quantitative estimate of drug-likeness (QED) is 0.117. The number of methoxy groups -OCH3 is 1. The molecule has 384 valence electrons. The average Bonchev–Trinajstić information content (AvgIpc) is 3.31. The lowest BCUT2D eigenvalue weighted by atomic mass is 9.95. The lowest BCUT2D eigenvalue weighted by molar-refractivity contribution is -0.414. The van der Waals surface area contributed by atoms with Crippen molar-refractivity contribution in [1.29, 1.82) is 0 Å². The van der Waals surface area contributed by atoms with Crippen LogP contribution in [0.15, 0.2) is 0 Å². The molecule has 22 fully saturated rings. The van der Waals surface area contributed by atoms with Crippen LogP contribution >= 0.6 is 0 Å². The molecule has 0 saturated carbocycles. The highest BCUT2D eigenvalue weighted by molar-refractivity contribution is 5.00. The highest BCUT2D eigenvalue weighted by atomic mass is 16.8. The summed E-state index contributed by atoms with van der Waals surface area (Å²) in [5, 5.41) is 186. The largest absolute Gasteiger partial charge is 0.394 e. The summed E-state index contributed by atoms with van der Waals surface area (Å²) in [5.41, 5.74) is 0. The van der Waals surface area contributed by atoms with Crippen LogP contribution in [0.3, 0.4) is 0 Å².